The number of ether oxygens (including phenoxy) is 3. The van der Waals surface area contributed by atoms with E-state index in [-0.39, 0.29) is 41.8 Å². The molecule has 1 aliphatic heterocycles. The standard InChI is InChI=1S/C33H39N9O7/c1-20(2)49-33(46)40-13-11-39(12-14-40)8-6-7-15-48-26-18-21(29(34)43)16-23-28(26)42(32(36)37-23)10-5-4-9-41-27-24(38-31(41)35)17-22(30(44)45)19-25(27)47-3/h4-5,16-20H,8-15H2,1-3H3,(H2,34,43)(H2,35,38)(H2,36,37)(H,44,45)/b5-4+. The highest BCUT2D eigenvalue weighted by atomic mass is 16.6. The second-order valence-corrected chi connectivity index (χ2v) is 11.5. The van der Waals surface area contributed by atoms with E-state index in [1.807, 2.05) is 26.0 Å². The van der Waals surface area contributed by atoms with Crippen LogP contribution in [-0.2, 0) is 17.8 Å². The smallest absolute Gasteiger partial charge is 0.410 e. The molecule has 0 saturated carbocycles. The van der Waals surface area contributed by atoms with Crippen LogP contribution in [0.15, 0.2) is 36.4 Å². The molecule has 16 heteroatoms. The minimum atomic E-state index is -1.10. The Morgan fingerprint density at radius 3 is 2.02 bits per heavy atom. The van der Waals surface area contributed by atoms with E-state index in [9.17, 15) is 19.5 Å². The maximum Gasteiger partial charge on any atom is 0.410 e. The number of benzene rings is 2. The zero-order valence-electron chi connectivity index (χ0n) is 27.5. The number of methoxy groups -OCH3 is 1. The minimum Gasteiger partial charge on any atom is -0.494 e. The molecule has 2 aromatic carbocycles. The van der Waals surface area contributed by atoms with Gasteiger partial charge in [-0.05, 0) is 38.1 Å². The molecule has 0 unspecified atom stereocenters. The fourth-order valence-corrected chi connectivity index (χ4v) is 5.45. The molecular formula is C33H39N9O7. The number of carbonyl (C=O) groups excluding carboxylic acids is 2. The average molecular weight is 674 g/mol. The van der Waals surface area contributed by atoms with E-state index in [1.165, 1.54) is 19.2 Å². The summed E-state index contributed by atoms with van der Waals surface area (Å²) in [4.78, 5) is 48.3. The number of nitrogens with two attached hydrogens (primary N) is 3. The number of nitrogens with zero attached hydrogens (tertiary/aromatic N) is 6. The summed E-state index contributed by atoms with van der Waals surface area (Å²) >= 11 is 0. The van der Waals surface area contributed by atoms with Crippen LogP contribution in [0, 0.1) is 11.8 Å². The Morgan fingerprint density at radius 2 is 1.47 bits per heavy atom. The van der Waals surface area contributed by atoms with Gasteiger partial charge in [0.05, 0.1) is 36.4 Å². The van der Waals surface area contributed by atoms with Crippen LogP contribution in [0.2, 0.25) is 0 Å². The number of carboxylic acid groups (broad SMARTS) is 1. The summed E-state index contributed by atoms with van der Waals surface area (Å²) < 4.78 is 20.2. The van der Waals surface area contributed by atoms with Crippen LogP contribution in [0.5, 0.6) is 11.5 Å². The highest BCUT2D eigenvalue weighted by molar-refractivity contribution is 5.99. The molecule has 4 aromatic rings. The number of carboxylic acids is 1. The number of imidazole rings is 2. The third kappa shape index (κ3) is 7.79. The fourth-order valence-electron chi connectivity index (χ4n) is 5.45. The van der Waals surface area contributed by atoms with Gasteiger partial charge in [0, 0.05) is 44.8 Å². The van der Waals surface area contributed by atoms with Crippen LogP contribution in [-0.4, -0.2) is 105 Å². The number of nitrogen functional groups attached to an aromatic ring is 2. The van der Waals surface area contributed by atoms with Crippen molar-refractivity contribution in [2.45, 2.75) is 33.0 Å². The first kappa shape index (κ1) is 34.4. The molecular weight excluding hydrogens is 634 g/mol. The zero-order valence-corrected chi connectivity index (χ0v) is 27.5. The number of amides is 2. The average Bonchev–Trinajstić information content (AvgIpc) is 3.56. The van der Waals surface area contributed by atoms with Gasteiger partial charge in [-0.3, -0.25) is 9.69 Å². The molecule has 49 heavy (non-hydrogen) atoms. The maximum atomic E-state index is 12.1. The fraction of sp³-hybridized carbons (Fsp3) is 0.364. The van der Waals surface area contributed by atoms with Crippen molar-refractivity contribution in [1.82, 2.24) is 28.9 Å². The van der Waals surface area contributed by atoms with Crippen LogP contribution < -0.4 is 26.7 Å². The van der Waals surface area contributed by atoms with Gasteiger partial charge in [0.25, 0.3) is 0 Å². The van der Waals surface area contributed by atoms with Gasteiger partial charge in [-0.25, -0.2) is 19.6 Å². The predicted octanol–water partition coefficient (Wildman–Crippen LogP) is 2.16. The van der Waals surface area contributed by atoms with E-state index in [0.717, 1.165) is 0 Å². The Bertz CT molecular complexity index is 1980. The SMILES string of the molecule is COc1cc(C(=O)O)cc2nc(N)n(C/C=C/Cn3c(N)nc4cc(C(N)=O)cc(OCC#CCN5CCN(C(=O)OC(C)C)CC5)c43)c12. The van der Waals surface area contributed by atoms with Crippen LogP contribution >= 0.6 is 0 Å². The molecule has 0 aliphatic carbocycles. The molecule has 3 heterocycles. The summed E-state index contributed by atoms with van der Waals surface area (Å²) in [5.74, 6) is 5.45. The molecule has 0 bridgehead atoms. The van der Waals surface area contributed by atoms with Crippen molar-refractivity contribution < 1.29 is 33.7 Å². The summed E-state index contributed by atoms with van der Waals surface area (Å²) in [6.07, 6.45) is 3.24. The second-order valence-electron chi connectivity index (χ2n) is 11.5. The number of rotatable bonds is 11. The lowest BCUT2D eigenvalue weighted by Crippen LogP contribution is -2.49. The van der Waals surface area contributed by atoms with Crippen molar-refractivity contribution in [2.75, 3.05) is 57.9 Å². The zero-order chi connectivity index (χ0) is 35.2. The topological polar surface area (TPSA) is 219 Å². The lowest BCUT2D eigenvalue weighted by molar-refractivity contribution is 0.0593. The number of piperazine rings is 1. The van der Waals surface area contributed by atoms with Crippen molar-refractivity contribution in [3.8, 4) is 23.3 Å². The van der Waals surface area contributed by atoms with E-state index >= 15 is 0 Å². The third-order valence-electron chi connectivity index (χ3n) is 7.86. The van der Waals surface area contributed by atoms with Gasteiger partial charge in [-0.2, -0.15) is 0 Å². The monoisotopic (exact) mass is 673 g/mol. The van der Waals surface area contributed by atoms with Gasteiger partial charge in [0.2, 0.25) is 17.8 Å². The van der Waals surface area contributed by atoms with Gasteiger partial charge in [-0.15, -0.1) is 0 Å². The van der Waals surface area contributed by atoms with Crippen LogP contribution in [0.25, 0.3) is 22.1 Å². The van der Waals surface area contributed by atoms with Crippen molar-refractivity contribution in [3.05, 3.63) is 47.5 Å². The van der Waals surface area contributed by atoms with E-state index < -0.39 is 11.9 Å². The summed E-state index contributed by atoms with van der Waals surface area (Å²) in [5, 5.41) is 9.42. The molecule has 1 aliphatic rings. The first-order valence-electron chi connectivity index (χ1n) is 15.5. The third-order valence-corrected chi connectivity index (χ3v) is 7.86. The molecule has 0 atom stereocenters. The van der Waals surface area contributed by atoms with E-state index in [2.05, 4.69) is 26.7 Å². The quantitative estimate of drug-likeness (QED) is 0.133. The van der Waals surface area contributed by atoms with Gasteiger partial charge in [0.15, 0.2) is 0 Å². The number of hydrogen-bond acceptors (Lipinski definition) is 11. The van der Waals surface area contributed by atoms with E-state index in [0.29, 0.717) is 79.4 Å². The van der Waals surface area contributed by atoms with Crippen LogP contribution in [0.3, 0.4) is 0 Å². The first-order chi connectivity index (χ1) is 23.5. The number of anilines is 2. The van der Waals surface area contributed by atoms with Crippen LogP contribution in [0.1, 0.15) is 34.6 Å². The Kier molecular flexibility index (Phi) is 10.4. The molecule has 1 saturated heterocycles. The number of primary amides is 1. The van der Waals surface area contributed by atoms with Crippen molar-refractivity contribution >= 4 is 51.9 Å². The second kappa shape index (κ2) is 14.9. The van der Waals surface area contributed by atoms with Crippen molar-refractivity contribution in [3.63, 3.8) is 0 Å². The normalized spacial score (nSPS) is 13.6. The number of aromatic nitrogens is 4. The van der Waals surface area contributed by atoms with E-state index in [1.54, 1.807) is 26.2 Å². The molecule has 5 rings (SSSR count). The first-order valence-corrected chi connectivity index (χ1v) is 15.5. The Hall–Kier alpha value is -5.95. The van der Waals surface area contributed by atoms with Crippen molar-refractivity contribution in [1.29, 1.82) is 0 Å². The molecule has 0 spiro atoms. The van der Waals surface area contributed by atoms with Gasteiger partial charge in [0.1, 0.15) is 29.1 Å². The van der Waals surface area contributed by atoms with Gasteiger partial charge >= 0.3 is 12.1 Å². The number of aromatic carboxylic acids is 1. The number of fused-ring (bicyclic) bond motifs is 2. The summed E-state index contributed by atoms with van der Waals surface area (Å²) in [5.41, 5.74) is 20.2. The van der Waals surface area contributed by atoms with E-state index in [4.69, 9.17) is 31.4 Å². The minimum absolute atomic E-state index is 0.0381. The Labute approximate surface area is 282 Å². The molecule has 258 valence electrons. The van der Waals surface area contributed by atoms with Crippen LogP contribution in [0.4, 0.5) is 16.7 Å². The van der Waals surface area contributed by atoms with Gasteiger partial charge in [-0.1, -0.05) is 24.0 Å². The largest absolute Gasteiger partial charge is 0.494 e. The highest BCUT2D eigenvalue weighted by Gasteiger charge is 2.22. The maximum absolute atomic E-state index is 12.1. The summed E-state index contributed by atoms with van der Waals surface area (Å²) in [6, 6.07) is 5.96. The molecule has 2 aromatic heterocycles. The lowest BCUT2D eigenvalue weighted by Gasteiger charge is -2.33. The number of allylic oxidation sites excluding steroid dienone is 2. The number of hydrogen-bond donors (Lipinski definition) is 4. The predicted molar refractivity (Wildman–Crippen MR) is 182 cm³/mol. The Morgan fingerprint density at radius 1 is 0.898 bits per heavy atom. The molecule has 0 radical (unpaired) electrons. The molecule has 1 fully saturated rings. The lowest BCUT2D eigenvalue weighted by atomic mass is 10.1. The molecule has 7 N–H and O–H groups in total. The highest BCUT2D eigenvalue weighted by Crippen LogP contribution is 2.31. The number of carbonyl (C=O) groups is 3. The summed E-state index contributed by atoms with van der Waals surface area (Å²) in [6.45, 7) is 7.28. The molecule has 2 amide bonds. The van der Waals surface area contributed by atoms with Crippen molar-refractivity contribution in [2.24, 2.45) is 5.73 Å². The Balaban J connectivity index is 1.27. The summed E-state index contributed by atoms with van der Waals surface area (Å²) in [7, 11) is 1.45. The molecule has 16 nitrogen and oxygen atoms in total. The van der Waals surface area contributed by atoms with Gasteiger partial charge < -0.3 is 50.6 Å².